The monoisotopic (exact) mass is 367 g/mol. The summed E-state index contributed by atoms with van der Waals surface area (Å²) in [4.78, 5) is 27.4. The maximum Gasteiger partial charge on any atom is 0.230 e. The maximum absolute atomic E-state index is 12.1. The molecule has 0 aliphatic heterocycles. The number of nitrogens with zero attached hydrogens (tertiary/aromatic N) is 1. The molecule has 1 atom stereocenters. The summed E-state index contributed by atoms with van der Waals surface area (Å²) in [5.74, 6) is -1.82. The molecule has 126 valence electrons. The number of nitrogens with one attached hydrogen (secondary N) is 1. The van der Waals surface area contributed by atoms with Gasteiger partial charge in [-0.15, -0.1) is 0 Å². The standard InChI is InChI=1S/C16H15Cl2N3O3/c17-10-4-5-12(18)13(7-10)21-15(22)8-14(16(23)24)20-9-11-3-1-2-6-19-11/h1-7,14,20H,8-9H2,(H,21,22)(H,23,24)/t14-/m1/s1. The lowest BCUT2D eigenvalue weighted by Crippen LogP contribution is -2.92. The summed E-state index contributed by atoms with van der Waals surface area (Å²) >= 11 is 11.8. The van der Waals surface area contributed by atoms with Crippen LogP contribution in [0.2, 0.25) is 10.0 Å². The van der Waals surface area contributed by atoms with Crippen LogP contribution in [-0.2, 0) is 16.1 Å². The zero-order valence-electron chi connectivity index (χ0n) is 12.5. The topological polar surface area (TPSA) is 98.7 Å². The number of benzene rings is 1. The van der Waals surface area contributed by atoms with Gasteiger partial charge in [0.25, 0.3) is 0 Å². The van der Waals surface area contributed by atoms with E-state index in [2.05, 4.69) is 10.3 Å². The van der Waals surface area contributed by atoms with Crippen molar-refractivity contribution in [3.05, 3.63) is 58.3 Å². The van der Waals surface area contributed by atoms with Crippen LogP contribution in [0.5, 0.6) is 0 Å². The predicted octanol–water partition coefficient (Wildman–Crippen LogP) is 0.599. The van der Waals surface area contributed by atoms with Gasteiger partial charge in [-0.3, -0.25) is 9.78 Å². The second-order valence-corrected chi connectivity index (χ2v) is 5.91. The smallest absolute Gasteiger partial charge is 0.230 e. The molecule has 0 aliphatic carbocycles. The Morgan fingerprint density at radius 2 is 2.04 bits per heavy atom. The van der Waals surface area contributed by atoms with E-state index in [1.165, 1.54) is 11.4 Å². The number of pyridine rings is 1. The second kappa shape index (κ2) is 8.63. The molecular formula is C16H15Cl2N3O3. The number of carbonyl (C=O) groups is 2. The summed E-state index contributed by atoms with van der Waals surface area (Å²) < 4.78 is 0. The first kappa shape index (κ1) is 18.2. The molecule has 1 aromatic carbocycles. The van der Waals surface area contributed by atoms with Crippen LogP contribution in [0, 0.1) is 0 Å². The Morgan fingerprint density at radius 1 is 1.25 bits per heavy atom. The molecule has 1 aromatic heterocycles. The zero-order valence-corrected chi connectivity index (χ0v) is 14.1. The molecule has 2 aromatic rings. The lowest BCUT2D eigenvalue weighted by atomic mass is 10.2. The second-order valence-electron chi connectivity index (χ2n) is 5.06. The van der Waals surface area contributed by atoms with E-state index in [1.54, 1.807) is 36.5 Å². The maximum atomic E-state index is 12.1. The highest BCUT2D eigenvalue weighted by Gasteiger charge is 2.19. The van der Waals surface area contributed by atoms with E-state index in [0.29, 0.717) is 28.0 Å². The third-order valence-electron chi connectivity index (χ3n) is 3.25. The highest BCUT2D eigenvalue weighted by Crippen LogP contribution is 2.25. The van der Waals surface area contributed by atoms with Crippen molar-refractivity contribution in [2.75, 3.05) is 5.32 Å². The number of rotatable bonds is 7. The Bertz CT molecular complexity index is 726. The lowest BCUT2D eigenvalue weighted by Gasteiger charge is -2.16. The van der Waals surface area contributed by atoms with Crippen molar-refractivity contribution in [1.29, 1.82) is 0 Å². The van der Waals surface area contributed by atoms with E-state index >= 15 is 0 Å². The van der Waals surface area contributed by atoms with Crippen LogP contribution in [0.4, 0.5) is 5.69 Å². The largest absolute Gasteiger partial charge is 0.544 e. The average molecular weight is 368 g/mol. The average Bonchev–Trinajstić information content (AvgIpc) is 2.55. The first-order valence-electron chi connectivity index (χ1n) is 7.14. The Labute approximate surface area is 148 Å². The molecule has 6 nitrogen and oxygen atoms in total. The van der Waals surface area contributed by atoms with Crippen molar-refractivity contribution < 1.29 is 20.0 Å². The molecule has 0 saturated heterocycles. The van der Waals surface area contributed by atoms with E-state index in [1.807, 2.05) is 0 Å². The molecule has 24 heavy (non-hydrogen) atoms. The summed E-state index contributed by atoms with van der Waals surface area (Å²) in [6, 6.07) is 8.93. The molecule has 8 heteroatoms. The van der Waals surface area contributed by atoms with Gasteiger partial charge in [-0.1, -0.05) is 29.3 Å². The molecule has 1 heterocycles. The van der Waals surface area contributed by atoms with Crippen molar-refractivity contribution in [3.8, 4) is 0 Å². The number of amides is 1. The van der Waals surface area contributed by atoms with Gasteiger partial charge in [-0.25, -0.2) is 0 Å². The third kappa shape index (κ3) is 5.49. The Kier molecular flexibility index (Phi) is 6.54. The van der Waals surface area contributed by atoms with Gasteiger partial charge >= 0.3 is 0 Å². The Hall–Kier alpha value is -2.15. The molecule has 0 unspecified atom stereocenters. The number of hydrogen-bond donors (Lipinski definition) is 2. The summed E-state index contributed by atoms with van der Waals surface area (Å²) in [5.41, 5.74) is 1.04. The molecule has 3 N–H and O–H groups in total. The van der Waals surface area contributed by atoms with Crippen LogP contribution in [0.3, 0.4) is 0 Å². The van der Waals surface area contributed by atoms with Crippen LogP contribution in [-0.4, -0.2) is 22.9 Å². The first-order valence-corrected chi connectivity index (χ1v) is 7.90. The molecule has 0 radical (unpaired) electrons. The van der Waals surface area contributed by atoms with Crippen LogP contribution in [0.1, 0.15) is 12.1 Å². The Morgan fingerprint density at radius 3 is 2.71 bits per heavy atom. The molecule has 0 saturated carbocycles. The molecule has 0 aliphatic rings. The van der Waals surface area contributed by atoms with Gasteiger partial charge in [0.15, 0.2) is 0 Å². The first-order chi connectivity index (χ1) is 11.5. The van der Waals surface area contributed by atoms with Crippen LogP contribution in [0.25, 0.3) is 0 Å². The van der Waals surface area contributed by atoms with E-state index in [9.17, 15) is 14.7 Å². The van der Waals surface area contributed by atoms with Crippen LogP contribution < -0.4 is 15.7 Å². The molecular weight excluding hydrogens is 353 g/mol. The highest BCUT2D eigenvalue weighted by molar-refractivity contribution is 6.35. The van der Waals surface area contributed by atoms with E-state index in [0.717, 1.165) is 0 Å². The van der Waals surface area contributed by atoms with Crippen molar-refractivity contribution in [3.63, 3.8) is 0 Å². The number of carboxylic acid groups (broad SMARTS) is 1. The minimum Gasteiger partial charge on any atom is -0.544 e. The summed E-state index contributed by atoms with van der Waals surface area (Å²) in [6.45, 7) is 0.324. The van der Waals surface area contributed by atoms with Crippen LogP contribution in [0.15, 0.2) is 42.6 Å². The number of carbonyl (C=O) groups excluding carboxylic acids is 2. The zero-order chi connectivity index (χ0) is 17.5. The van der Waals surface area contributed by atoms with Crippen molar-refractivity contribution >= 4 is 40.8 Å². The fourth-order valence-electron chi connectivity index (χ4n) is 2.04. The fraction of sp³-hybridized carbons (Fsp3) is 0.188. The molecule has 0 bridgehead atoms. The normalized spacial score (nSPS) is 11.8. The number of anilines is 1. The van der Waals surface area contributed by atoms with Gasteiger partial charge in [0.2, 0.25) is 5.91 Å². The highest BCUT2D eigenvalue weighted by atomic mass is 35.5. The van der Waals surface area contributed by atoms with Crippen molar-refractivity contribution in [2.45, 2.75) is 19.0 Å². The summed E-state index contributed by atoms with van der Waals surface area (Å²) in [5, 5.41) is 16.0. The number of carboxylic acids is 1. The van der Waals surface area contributed by atoms with Gasteiger partial charge in [-0.05, 0) is 30.3 Å². The number of nitrogens with two attached hydrogens (primary N) is 1. The number of halogens is 2. The van der Waals surface area contributed by atoms with E-state index in [4.69, 9.17) is 23.2 Å². The van der Waals surface area contributed by atoms with Gasteiger partial charge < -0.3 is 20.5 Å². The van der Waals surface area contributed by atoms with Crippen molar-refractivity contribution in [1.82, 2.24) is 4.98 Å². The minimum atomic E-state index is -1.32. The van der Waals surface area contributed by atoms with Gasteiger partial charge in [-0.2, -0.15) is 0 Å². The SMILES string of the molecule is O=C(C[C@@H]([NH2+]Cc1ccccn1)C(=O)[O-])Nc1cc(Cl)ccc1Cl. The number of aromatic nitrogens is 1. The van der Waals surface area contributed by atoms with Crippen LogP contribution >= 0.6 is 23.2 Å². The van der Waals surface area contributed by atoms with Gasteiger partial charge in [0.05, 0.1) is 28.8 Å². The quantitative estimate of drug-likeness (QED) is 0.748. The number of hydrogen-bond acceptors (Lipinski definition) is 4. The molecule has 0 fully saturated rings. The summed E-state index contributed by atoms with van der Waals surface area (Å²) in [6.07, 6.45) is 1.35. The molecule has 2 rings (SSSR count). The minimum absolute atomic E-state index is 0.266. The Balaban J connectivity index is 1.95. The fourth-order valence-corrected chi connectivity index (χ4v) is 2.38. The number of aliphatic carboxylic acids is 1. The lowest BCUT2D eigenvalue weighted by molar-refractivity contribution is -0.697. The predicted molar refractivity (Wildman–Crippen MR) is 88.4 cm³/mol. The van der Waals surface area contributed by atoms with E-state index < -0.39 is 17.9 Å². The summed E-state index contributed by atoms with van der Waals surface area (Å²) in [7, 11) is 0. The third-order valence-corrected chi connectivity index (χ3v) is 3.81. The molecule has 1 amide bonds. The van der Waals surface area contributed by atoms with Crippen molar-refractivity contribution in [2.24, 2.45) is 0 Å². The number of quaternary nitrogens is 1. The van der Waals surface area contributed by atoms with E-state index in [-0.39, 0.29) is 6.42 Å². The van der Waals surface area contributed by atoms with Gasteiger partial charge in [0.1, 0.15) is 12.6 Å². The van der Waals surface area contributed by atoms with Gasteiger partial charge in [0, 0.05) is 11.2 Å². The molecule has 0 spiro atoms.